The molecule has 2 N–H and O–H groups in total. The minimum absolute atomic E-state index is 0.0331. The molecule has 2 aromatic carbocycles. The molecule has 5 aromatic rings. The summed E-state index contributed by atoms with van der Waals surface area (Å²) in [6.45, 7) is 4.29. The minimum atomic E-state index is -0.559. The number of aromatic nitrogens is 4. The molecule has 0 aliphatic heterocycles. The molecule has 0 aliphatic carbocycles. The van der Waals surface area contributed by atoms with Crippen molar-refractivity contribution in [1.29, 1.82) is 0 Å². The van der Waals surface area contributed by atoms with Crippen molar-refractivity contribution in [2.24, 2.45) is 19.8 Å². The molecular weight excluding hydrogens is 426 g/mol. The number of primary amides is 1. The number of pyridine rings is 2. The molecule has 7 nitrogen and oxygen atoms in total. The summed E-state index contributed by atoms with van der Waals surface area (Å²) in [4.78, 5) is 32.8. The predicted molar refractivity (Wildman–Crippen MR) is 135 cm³/mol. The van der Waals surface area contributed by atoms with Crippen molar-refractivity contribution < 1.29 is 4.79 Å². The van der Waals surface area contributed by atoms with Gasteiger partial charge in [0.15, 0.2) is 0 Å². The third kappa shape index (κ3) is 3.37. The fraction of sp³-hybridized carbons (Fsp3) is 0.185. The summed E-state index contributed by atoms with van der Waals surface area (Å²) < 4.78 is 3.43. The Morgan fingerprint density at radius 1 is 0.941 bits per heavy atom. The van der Waals surface area contributed by atoms with Gasteiger partial charge in [0.25, 0.3) is 5.91 Å². The Kier molecular flexibility index (Phi) is 5.05. The largest absolute Gasteiger partial charge is 0.364 e. The van der Waals surface area contributed by atoms with Crippen LogP contribution in [0.4, 0.5) is 0 Å². The van der Waals surface area contributed by atoms with Gasteiger partial charge in [0.2, 0.25) is 0 Å². The highest BCUT2D eigenvalue weighted by Crippen LogP contribution is 2.35. The Labute approximate surface area is 196 Å². The maximum absolute atomic E-state index is 12.6. The molecule has 3 aromatic heterocycles. The second kappa shape index (κ2) is 7.95. The highest BCUT2D eigenvalue weighted by molar-refractivity contribution is 5.99. The van der Waals surface area contributed by atoms with Crippen LogP contribution in [0.2, 0.25) is 0 Å². The van der Waals surface area contributed by atoms with E-state index in [1.54, 1.807) is 27.5 Å². The van der Waals surface area contributed by atoms with Gasteiger partial charge in [-0.25, -0.2) is 4.79 Å². The second-order valence-electron chi connectivity index (χ2n) is 8.88. The fourth-order valence-electron chi connectivity index (χ4n) is 4.55. The molecule has 0 saturated heterocycles. The van der Waals surface area contributed by atoms with Crippen LogP contribution >= 0.6 is 0 Å². The topological polar surface area (TPSA) is 95.8 Å². The zero-order chi connectivity index (χ0) is 24.1. The molecule has 170 valence electrons. The summed E-state index contributed by atoms with van der Waals surface area (Å²) in [5.41, 5.74) is 12.2. The molecule has 7 heteroatoms. The van der Waals surface area contributed by atoms with Gasteiger partial charge in [-0.3, -0.25) is 23.9 Å². The van der Waals surface area contributed by atoms with Gasteiger partial charge in [0, 0.05) is 37.4 Å². The molecule has 0 aliphatic rings. The molecule has 5 rings (SSSR count). The summed E-state index contributed by atoms with van der Waals surface area (Å²) >= 11 is 0. The summed E-state index contributed by atoms with van der Waals surface area (Å²) in [5.74, 6) is -0.303. The summed E-state index contributed by atoms with van der Waals surface area (Å²) in [6, 6.07) is 15.8. The van der Waals surface area contributed by atoms with E-state index in [0.29, 0.717) is 0 Å². The van der Waals surface area contributed by atoms with Gasteiger partial charge in [-0.05, 0) is 58.3 Å². The van der Waals surface area contributed by atoms with Crippen LogP contribution in [0.3, 0.4) is 0 Å². The van der Waals surface area contributed by atoms with Crippen LogP contribution in [0, 0.1) is 0 Å². The lowest BCUT2D eigenvalue weighted by atomic mass is 9.93. The number of nitrogens with zero attached hydrogens (tertiary/aromatic N) is 4. The first-order valence-electron chi connectivity index (χ1n) is 11.1. The number of amides is 1. The fourth-order valence-corrected chi connectivity index (χ4v) is 4.55. The first-order valence-corrected chi connectivity index (χ1v) is 11.1. The summed E-state index contributed by atoms with van der Waals surface area (Å²) in [7, 11) is 3.64. The van der Waals surface area contributed by atoms with Gasteiger partial charge in [-0.15, -0.1) is 0 Å². The first-order chi connectivity index (χ1) is 16.3. The second-order valence-corrected chi connectivity index (χ2v) is 8.88. The lowest BCUT2D eigenvalue weighted by Crippen LogP contribution is -2.19. The van der Waals surface area contributed by atoms with Crippen LogP contribution in [0.5, 0.6) is 0 Å². The van der Waals surface area contributed by atoms with Crippen molar-refractivity contribution in [2.45, 2.75) is 19.8 Å². The molecule has 0 spiro atoms. The highest BCUT2D eigenvalue weighted by Gasteiger charge is 2.17. The van der Waals surface area contributed by atoms with Crippen molar-refractivity contribution in [2.75, 3.05) is 0 Å². The van der Waals surface area contributed by atoms with Crippen LogP contribution in [0.25, 0.3) is 44.2 Å². The van der Waals surface area contributed by atoms with Gasteiger partial charge >= 0.3 is 5.69 Å². The van der Waals surface area contributed by atoms with Gasteiger partial charge in [-0.1, -0.05) is 32.0 Å². The Morgan fingerprint density at radius 2 is 1.74 bits per heavy atom. The Hall–Kier alpha value is -4.26. The minimum Gasteiger partial charge on any atom is -0.364 e. The average Bonchev–Trinajstić information content (AvgIpc) is 3.06. The molecule has 0 radical (unpaired) electrons. The molecule has 1 amide bonds. The normalized spacial score (nSPS) is 11.6. The van der Waals surface area contributed by atoms with E-state index in [9.17, 15) is 9.59 Å². The summed E-state index contributed by atoms with van der Waals surface area (Å²) in [6.07, 6.45) is 3.47. The molecule has 0 fully saturated rings. The number of imidazole rings is 1. The van der Waals surface area contributed by atoms with Crippen molar-refractivity contribution >= 4 is 27.7 Å². The number of hydrogen-bond donors (Lipinski definition) is 1. The van der Waals surface area contributed by atoms with E-state index in [1.807, 2.05) is 32.4 Å². The van der Waals surface area contributed by atoms with E-state index >= 15 is 0 Å². The molecule has 0 unspecified atom stereocenters. The van der Waals surface area contributed by atoms with Crippen molar-refractivity contribution in [3.63, 3.8) is 0 Å². The number of nitrogens with two attached hydrogens (primary N) is 1. The first kappa shape index (κ1) is 21.6. The monoisotopic (exact) mass is 451 g/mol. The number of fused-ring (bicyclic) bond motifs is 2. The van der Waals surface area contributed by atoms with Crippen LogP contribution in [0.15, 0.2) is 65.7 Å². The van der Waals surface area contributed by atoms with E-state index in [0.717, 1.165) is 49.8 Å². The maximum Gasteiger partial charge on any atom is 0.328 e. The van der Waals surface area contributed by atoms with Crippen LogP contribution in [0.1, 0.15) is 35.8 Å². The smallest absolute Gasteiger partial charge is 0.328 e. The maximum atomic E-state index is 12.6. The zero-order valence-electron chi connectivity index (χ0n) is 19.5. The SMILES string of the molecule is CC(C)c1cc(-c2cccc3cc(-c4ccc(C(N)=O)nc4)ncc23)cc2c1n(C)c(=O)n2C. The van der Waals surface area contributed by atoms with Crippen molar-refractivity contribution in [3.8, 4) is 22.4 Å². The lowest BCUT2D eigenvalue weighted by molar-refractivity contribution is 0.0995. The zero-order valence-corrected chi connectivity index (χ0v) is 19.5. The lowest BCUT2D eigenvalue weighted by Gasteiger charge is -2.14. The van der Waals surface area contributed by atoms with E-state index in [1.165, 1.54) is 0 Å². The Morgan fingerprint density at radius 3 is 2.41 bits per heavy atom. The van der Waals surface area contributed by atoms with E-state index in [-0.39, 0.29) is 17.3 Å². The van der Waals surface area contributed by atoms with Gasteiger partial charge in [0.05, 0.1) is 16.7 Å². The average molecular weight is 452 g/mol. The predicted octanol–water partition coefficient (Wildman–Crippen LogP) is 4.38. The number of carbonyl (C=O) groups excluding carboxylic acids is 1. The van der Waals surface area contributed by atoms with Crippen molar-refractivity contribution in [3.05, 3.63) is 82.7 Å². The van der Waals surface area contributed by atoms with Crippen LogP contribution in [-0.2, 0) is 14.1 Å². The highest BCUT2D eigenvalue weighted by atomic mass is 16.2. The molecule has 0 atom stereocenters. The van der Waals surface area contributed by atoms with Gasteiger partial charge in [0.1, 0.15) is 5.69 Å². The van der Waals surface area contributed by atoms with E-state index in [4.69, 9.17) is 5.73 Å². The van der Waals surface area contributed by atoms with Crippen LogP contribution < -0.4 is 11.4 Å². The molecule has 0 saturated carbocycles. The number of rotatable bonds is 4. The molecular formula is C27H25N5O2. The van der Waals surface area contributed by atoms with Crippen LogP contribution in [-0.4, -0.2) is 25.0 Å². The Bertz CT molecular complexity index is 1640. The van der Waals surface area contributed by atoms with Crippen molar-refractivity contribution in [1.82, 2.24) is 19.1 Å². The number of benzene rings is 2. The third-order valence-corrected chi connectivity index (χ3v) is 6.40. The molecule has 34 heavy (non-hydrogen) atoms. The molecule has 0 bridgehead atoms. The number of hydrogen-bond acceptors (Lipinski definition) is 4. The van der Waals surface area contributed by atoms with Gasteiger partial charge < -0.3 is 5.73 Å². The number of aryl methyl sites for hydroxylation is 2. The Balaban J connectivity index is 1.68. The van der Waals surface area contributed by atoms with E-state index in [2.05, 4.69) is 48.1 Å². The molecule has 3 heterocycles. The third-order valence-electron chi connectivity index (χ3n) is 6.40. The standard InChI is InChI=1S/C27H25N5O2/c1-15(2)20-10-18(12-24-25(20)32(4)27(34)31(24)3)19-7-5-6-16-11-23(30-14-21(16)19)17-8-9-22(26(28)33)29-13-17/h5-15H,1-4H3,(H2,28,33). The summed E-state index contributed by atoms with van der Waals surface area (Å²) in [5, 5.41) is 2.05. The quantitative estimate of drug-likeness (QED) is 0.439. The number of carbonyl (C=O) groups is 1. The van der Waals surface area contributed by atoms with E-state index < -0.39 is 5.91 Å². The van der Waals surface area contributed by atoms with Gasteiger partial charge in [-0.2, -0.15) is 0 Å².